The van der Waals surface area contributed by atoms with Gasteiger partial charge in [-0.2, -0.15) is 0 Å². The van der Waals surface area contributed by atoms with Crippen LogP contribution >= 0.6 is 11.3 Å². The van der Waals surface area contributed by atoms with Crippen molar-refractivity contribution >= 4 is 29.2 Å². The fourth-order valence-corrected chi connectivity index (χ4v) is 3.78. The molecule has 2 aromatic rings. The topological polar surface area (TPSA) is 105 Å². The summed E-state index contributed by atoms with van der Waals surface area (Å²) >= 11 is 1.35. The minimum Gasteiger partial charge on any atom is -0.462 e. The Bertz CT molecular complexity index is 805. The fraction of sp³-hybridized carbons (Fsp3) is 0.333. The highest BCUT2D eigenvalue weighted by atomic mass is 32.1. The molecule has 2 saturated heterocycles. The summed E-state index contributed by atoms with van der Waals surface area (Å²) in [6.07, 6.45) is 2.35. The third-order valence-electron chi connectivity index (χ3n) is 4.37. The van der Waals surface area contributed by atoms with Crippen molar-refractivity contribution in [3.8, 4) is 10.8 Å². The van der Waals surface area contributed by atoms with Gasteiger partial charge in [0, 0.05) is 18.5 Å². The molecule has 0 aromatic carbocycles. The zero-order chi connectivity index (χ0) is 16.7. The molecule has 2 aromatic heterocycles. The van der Waals surface area contributed by atoms with Crippen LogP contribution in [0.25, 0.3) is 10.8 Å². The van der Waals surface area contributed by atoms with Crippen molar-refractivity contribution in [2.24, 2.45) is 0 Å². The van der Waals surface area contributed by atoms with Crippen molar-refractivity contribution in [2.75, 3.05) is 13.1 Å². The number of likely N-dealkylation sites (tertiary alicyclic amines) is 1. The molecule has 2 N–H and O–H groups in total. The number of amides is 4. The quantitative estimate of drug-likeness (QED) is 0.796. The molecule has 2 aliphatic rings. The maximum Gasteiger partial charge on any atom is 0.322 e. The number of rotatable bonds is 2. The molecule has 9 heteroatoms. The summed E-state index contributed by atoms with van der Waals surface area (Å²) in [5.74, 6) is 0.138. The number of thiazole rings is 1. The molecular formula is C15H14N4O4S. The van der Waals surface area contributed by atoms with E-state index >= 15 is 0 Å². The van der Waals surface area contributed by atoms with E-state index < -0.39 is 11.6 Å². The smallest absolute Gasteiger partial charge is 0.322 e. The van der Waals surface area contributed by atoms with Crippen LogP contribution in [-0.2, 0) is 4.79 Å². The molecule has 0 bridgehead atoms. The summed E-state index contributed by atoms with van der Waals surface area (Å²) in [5.41, 5.74) is -0.516. The number of urea groups is 1. The van der Waals surface area contributed by atoms with Gasteiger partial charge in [0.15, 0.2) is 10.8 Å². The predicted octanol–water partition coefficient (Wildman–Crippen LogP) is 1.22. The number of hydrogen-bond donors (Lipinski definition) is 2. The number of carbonyl (C=O) groups excluding carboxylic acids is 3. The lowest BCUT2D eigenvalue weighted by Gasteiger charge is -2.36. The summed E-state index contributed by atoms with van der Waals surface area (Å²) < 4.78 is 5.28. The van der Waals surface area contributed by atoms with Crippen LogP contribution in [0.2, 0.25) is 0 Å². The first kappa shape index (κ1) is 14.9. The monoisotopic (exact) mass is 346 g/mol. The number of imide groups is 1. The first-order chi connectivity index (χ1) is 11.6. The summed E-state index contributed by atoms with van der Waals surface area (Å²) in [6.45, 7) is 0.778. The average molecular weight is 346 g/mol. The van der Waals surface area contributed by atoms with Crippen LogP contribution in [0.1, 0.15) is 23.3 Å². The lowest BCUT2D eigenvalue weighted by Crippen LogP contribution is -2.55. The molecular weight excluding hydrogens is 332 g/mol. The third kappa shape index (κ3) is 2.37. The SMILES string of the molecule is O=C1NC(=O)C2(CCN(C(=O)c3csc(-c4ccco4)n3)CC2)N1. The van der Waals surface area contributed by atoms with Gasteiger partial charge in [-0.15, -0.1) is 11.3 Å². The van der Waals surface area contributed by atoms with Gasteiger partial charge in [0.25, 0.3) is 11.8 Å². The average Bonchev–Trinajstić information content (AvgIpc) is 3.29. The summed E-state index contributed by atoms with van der Waals surface area (Å²) in [5, 5.41) is 7.29. The van der Waals surface area contributed by atoms with Crippen molar-refractivity contribution in [3.63, 3.8) is 0 Å². The van der Waals surface area contributed by atoms with Crippen molar-refractivity contribution in [2.45, 2.75) is 18.4 Å². The van der Waals surface area contributed by atoms with E-state index in [0.717, 1.165) is 0 Å². The molecule has 0 atom stereocenters. The molecule has 0 radical (unpaired) electrons. The van der Waals surface area contributed by atoms with Gasteiger partial charge < -0.3 is 14.6 Å². The Morgan fingerprint density at radius 2 is 2.12 bits per heavy atom. The number of nitrogens with one attached hydrogen (secondary N) is 2. The summed E-state index contributed by atoms with van der Waals surface area (Å²) in [7, 11) is 0. The van der Waals surface area contributed by atoms with Gasteiger partial charge in [-0.25, -0.2) is 9.78 Å². The number of furan rings is 1. The number of aromatic nitrogens is 1. The van der Waals surface area contributed by atoms with Crippen LogP contribution in [0.3, 0.4) is 0 Å². The molecule has 4 amide bonds. The highest BCUT2D eigenvalue weighted by Crippen LogP contribution is 2.28. The lowest BCUT2D eigenvalue weighted by molar-refractivity contribution is -0.125. The molecule has 0 saturated carbocycles. The van der Waals surface area contributed by atoms with E-state index in [2.05, 4.69) is 15.6 Å². The van der Waals surface area contributed by atoms with Crippen molar-refractivity contribution in [1.29, 1.82) is 0 Å². The van der Waals surface area contributed by atoms with Gasteiger partial charge in [0.2, 0.25) is 0 Å². The first-order valence-electron chi connectivity index (χ1n) is 7.50. The van der Waals surface area contributed by atoms with Gasteiger partial charge in [-0.3, -0.25) is 14.9 Å². The largest absolute Gasteiger partial charge is 0.462 e. The minimum atomic E-state index is -0.880. The Hall–Kier alpha value is -2.68. The molecule has 4 rings (SSSR count). The molecule has 0 unspecified atom stereocenters. The van der Waals surface area contributed by atoms with E-state index in [1.165, 1.54) is 11.3 Å². The first-order valence-corrected chi connectivity index (χ1v) is 8.38. The van der Waals surface area contributed by atoms with E-state index in [1.807, 2.05) is 0 Å². The Morgan fingerprint density at radius 3 is 2.75 bits per heavy atom. The second-order valence-corrected chi connectivity index (χ2v) is 6.66. The standard InChI is InChI=1S/C15H14N4O4S/c20-12(9-8-24-11(16-9)10-2-1-7-23-10)19-5-3-15(4-6-19)13(21)17-14(22)18-15/h1-2,7-8H,3-6H2,(H2,17,18,21,22). The van der Waals surface area contributed by atoms with Crippen LogP contribution in [-0.4, -0.2) is 46.4 Å². The number of carbonyl (C=O) groups is 3. The van der Waals surface area contributed by atoms with E-state index in [1.54, 1.807) is 28.7 Å². The van der Waals surface area contributed by atoms with Gasteiger partial charge in [-0.05, 0) is 25.0 Å². The molecule has 4 heterocycles. The summed E-state index contributed by atoms with van der Waals surface area (Å²) in [6, 6.07) is 3.09. The van der Waals surface area contributed by atoms with Crippen LogP contribution in [0.15, 0.2) is 28.2 Å². The van der Waals surface area contributed by atoms with Crippen LogP contribution in [0.4, 0.5) is 4.79 Å². The molecule has 124 valence electrons. The van der Waals surface area contributed by atoms with Crippen molar-refractivity contribution in [1.82, 2.24) is 20.5 Å². The molecule has 1 spiro atoms. The molecule has 0 aliphatic carbocycles. The van der Waals surface area contributed by atoms with E-state index in [-0.39, 0.29) is 11.8 Å². The normalized spacial score (nSPS) is 19.4. The lowest BCUT2D eigenvalue weighted by atomic mass is 9.87. The predicted molar refractivity (Wildman–Crippen MR) is 84.4 cm³/mol. The molecule has 2 fully saturated rings. The highest BCUT2D eigenvalue weighted by molar-refractivity contribution is 7.13. The van der Waals surface area contributed by atoms with Gasteiger partial charge in [0.1, 0.15) is 11.2 Å². The zero-order valence-corrected chi connectivity index (χ0v) is 13.4. The number of piperidine rings is 1. The van der Waals surface area contributed by atoms with Gasteiger partial charge in [0.05, 0.1) is 6.26 Å². The van der Waals surface area contributed by atoms with E-state index in [4.69, 9.17) is 4.42 Å². The minimum absolute atomic E-state index is 0.177. The second kappa shape index (κ2) is 5.45. The molecule has 24 heavy (non-hydrogen) atoms. The Labute approximate surface area is 140 Å². The van der Waals surface area contributed by atoms with Crippen LogP contribution in [0.5, 0.6) is 0 Å². The fourth-order valence-electron chi connectivity index (χ4n) is 3.02. The number of hydrogen-bond acceptors (Lipinski definition) is 6. The zero-order valence-electron chi connectivity index (χ0n) is 12.6. The van der Waals surface area contributed by atoms with Gasteiger partial charge >= 0.3 is 6.03 Å². The maximum atomic E-state index is 12.6. The van der Waals surface area contributed by atoms with Crippen LogP contribution < -0.4 is 10.6 Å². The third-order valence-corrected chi connectivity index (χ3v) is 5.23. The maximum absolute atomic E-state index is 12.6. The number of nitrogens with zero attached hydrogens (tertiary/aromatic N) is 2. The highest BCUT2D eigenvalue weighted by Gasteiger charge is 2.48. The Balaban J connectivity index is 1.45. The van der Waals surface area contributed by atoms with Crippen LogP contribution in [0, 0.1) is 0 Å². The van der Waals surface area contributed by atoms with Gasteiger partial charge in [-0.1, -0.05) is 0 Å². The van der Waals surface area contributed by atoms with E-state index in [9.17, 15) is 14.4 Å². The molecule has 8 nitrogen and oxygen atoms in total. The summed E-state index contributed by atoms with van der Waals surface area (Å²) in [4.78, 5) is 41.8. The van der Waals surface area contributed by atoms with E-state index in [0.29, 0.717) is 42.4 Å². The Morgan fingerprint density at radius 1 is 1.33 bits per heavy atom. The second-order valence-electron chi connectivity index (χ2n) is 5.80. The van der Waals surface area contributed by atoms with Crippen molar-refractivity contribution in [3.05, 3.63) is 29.5 Å². The molecule has 2 aliphatic heterocycles. The Kier molecular flexibility index (Phi) is 3.38. The van der Waals surface area contributed by atoms with Crippen molar-refractivity contribution < 1.29 is 18.8 Å².